The standard InChI is InChI=1S/C22H24N4O2/c1-4-26(17-10-8-9-16(3)15-17)22(27)19-13-14-21(25-24-19)23-18-11-6-7-12-20(18)28-5-2/h6-15H,4-5H2,1-3H3,(H,23,25). The monoisotopic (exact) mass is 376 g/mol. The Balaban J connectivity index is 1.77. The molecular weight excluding hydrogens is 352 g/mol. The molecule has 1 heterocycles. The van der Waals surface area contributed by atoms with Gasteiger partial charge in [0.1, 0.15) is 5.75 Å². The summed E-state index contributed by atoms with van der Waals surface area (Å²) in [5.41, 5.74) is 3.05. The first-order chi connectivity index (χ1) is 13.6. The average Bonchev–Trinajstić information content (AvgIpc) is 2.71. The van der Waals surface area contributed by atoms with Crippen LogP contribution in [0.5, 0.6) is 5.75 Å². The molecule has 1 amide bonds. The topological polar surface area (TPSA) is 67.3 Å². The zero-order valence-corrected chi connectivity index (χ0v) is 16.3. The van der Waals surface area contributed by atoms with E-state index in [9.17, 15) is 4.79 Å². The van der Waals surface area contributed by atoms with Crippen LogP contribution in [0.4, 0.5) is 17.2 Å². The molecule has 0 aliphatic rings. The Morgan fingerprint density at radius 3 is 2.54 bits per heavy atom. The minimum atomic E-state index is -0.179. The Bertz CT molecular complexity index is 941. The summed E-state index contributed by atoms with van der Waals surface area (Å²) in [7, 11) is 0. The molecule has 1 aromatic heterocycles. The maximum absolute atomic E-state index is 12.9. The van der Waals surface area contributed by atoms with Gasteiger partial charge in [0, 0.05) is 12.2 Å². The molecule has 0 fully saturated rings. The van der Waals surface area contributed by atoms with Gasteiger partial charge in [0.25, 0.3) is 5.91 Å². The van der Waals surface area contributed by atoms with Crippen molar-refractivity contribution >= 4 is 23.1 Å². The van der Waals surface area contributed by atoms with Crippen molar-refractivity contribution in [2.75, 3.05) is 23.4 Å². The Labute approximate surface area is 165 Å². The van der Waals surface area contributed by atoms with E-state index >= 15 is 0 Å². The molecule has 6 heteroatoms. The largest absolute Gasteiger partial charge is 0.492 e. The van der Waals surface area contributed by atoms with Crippen LogP contribution in [0, 0.1) is 6.92 Å². The fraction of sp³-hybridized carbons (Fsp3) is 0.227. The average molecular weight is 376 g/mol. The molecule has 0 atom stereocenters. The van der Waals surface area contributed by atoms with Crippen molar-refractivity contribution in [2.45, 2.75) is 20.8 Å². The van der Waals surface area contributed by atoms with Gasteiger partial charge in [-0.2, -0.15) is 0 Å². The zero-order chi connectivity index (χ0) is 19.9. The zero-order valence-electron chi connectivity index (χ0n) is 16.3. The van der Waals surface area contributed by atoms with E-state index < -0.39 is 0 Å². The highest BCUT2D eigenvalue weighted by molar-refractivity contribution is 6.04. The molecule has 0 bridgehead atoms. The third-order valence-electron chi connectivity index (χ3n) is 4.21. The second-order valence-electron chi connectivity index (χ2n) is 6.25. The van der Waals surface area contributed by atoms with E-state index in [1.54, 1.807) is 17.0 Å². The van der Waals surface area contributed by atoms with Crippen molar-refractivity contribution in [3.8, 4) is 5.75 Å². The molecule has 0 spiro atoms. The number of hydrogen-bond acceptors (Lipinski definition) is 5. The molecule has 6 nitrogen and oxygen atoms in total. The number of carbonyl (C=O) groups excluding carboxylic acids is 1. The van der Waals surface area contributed by atoms with Gasteiger partial charge >= 0.3 is 0 Å². The van der Waals surface area contributed by atoms with Gasteiger partial charge in [-0.3, -0.25) is 4.79 Å². The van der Waals surface area contributed by atoms with Crippen LogP contribution in [-0.4, -0.2) is 29.3 Å². The van der Waals surface area contributed by atoms with Gasteiger partial charge in [-0.1, -0.05) is 24.3 Å². The van der Waals surface area contributed by atoms with Gasteiger partial charge in [0.05, 0.1) is 12.3 Å². The van der Waals surface area contributed by atoms with E-state index in [1.807, 2.05) is 69.3 Å². The van der Waals surface area contributed by atoms with Gasteiger partial charge in [-0.05, 0) is 62.7 Å². The Hall–Kier alpha value is -3.41. The molecule has 0 aliphatic carbocycles. The smallest absolute Gasteiger partial charge is 0.278 e. The molecule has 3 rings (SSSR count). The van der Waals surface area contributed by atoms with E-state index in [4.69, 9.17) is 4.74 Å². The summed E-state index contributed by atoms with van der Waals surface area (Å²) in [6, 6.07) is 18.9. The number of hydrogen-bond donors (Lipinski definition) is 1. The van der Waals surface area contributed by atoms with Crippen LogP contribution in [0.1, 0.15) is 29.9 Å². The fourth-order valence-corrected chi connectivity index (χ4v) is 2.88. The minimum absolute atomic E-state index is 0.179. The number of anilines is 3. The number of nitrogens with one attached hydrogen (secondary N) is 1. The van der Waals surface area contributed by atoms with Crippen molar-refractivity contribution in [1.29, 1.82) is 0 Å². The summed E-state index contributed by atoms with van der Waals surface area (Å²) in [5, 5.41) is 11.5. The number of aryl methyl sites for hydroxylation is 1. The summed E-state index contributed by atoms with van der Waals surface area (Å²) >= 11 is 0. The van der Waals surface area contributed by atoms with Gasteiger partial charge in [0.15, 0.2) is 11.5 Å². The van der Waals surface area contributed by atoms with Gasteiger partial charge in [-0.25, -0.2) is 0 Å². The molecule has 1 N–H and O–H groups in total. The maximum atomic E-state index is 12.9. The molecule has 0 unspecified atom stereocenters. The van der Waals surface area contributed by atoms with Gasteiger partial charge in [-0.15, -0.1) is 10.2 Å². The van der Waals surface area contributed by atoms with Crippen molar-refractivity contribution in [1.82, 2.24) is 10.2 Å². The van der Waals surface area contributed by atoms with Crippen molar-refractivity contribution in [3.05, 3.63) is 71.9 Å². The lowest BCUT2D eigenvalue weighted by atomic mass is 10.2. The number of aromatic nitrogens is 2. The third kappa shape index (κ3) is 4.46. The van der Waals surface area contributed by atoms with E-state index in [2.05, 4.69) is 15.5 Å². The van der Waals surface area contributed by atoms with Crippen molar-refractivity contribution in [3.63, 3.8) is 0 Å². The van der Waals surface area contributed by atoms with Gasteiger partial charge in [0.2, 0.25) is 0 Å². The summed E-state index contributed by atoms with van der Waals surface area (Å²) in [6.07, 6.45) is 0. The predicted octanol–water partition coefficient (Wildman–Crippen LogP) is 4.59. The van der Waals surface area contributed by atoms with Crippen LogP contribution < -0.4 is 15.0 Å². The van der Waals surface area contributed by atoms with Crippen molar-refractivity contribution in [2.24, 2.45) is 0 Å². The molecule has 0 aliphatic heterocycles. The summed E-state index contributed by atoms with van der Waals surface area (Å²) < 4.78 is 5.60. The highest BCUT2D eigenvalue weighted by Crippen LogP contribution is 2.26. The molecule has 2 aromatic carbocycles. The van der Waals surface area contributed by atoms with E-state index in [0.29, 0.717) is 24.7 Å². The van der Waals surface area contributed by atoms with E-state index in [-0.39, 0.29) is 5.91 Å². The SMILES string of the molecule is CCOc1ccccc1Nc1ccc(C(=O)N(CC)c2cccc(C)c2)nn1. The number of amides is 1. The Kier molecular flexibility index (Phi) is 6.22. The maximum Gasteiger partial charge on any atom is 0.278 e. The van der Waals surface area contributed by atoms with Gasteiger partial charge < -0.3 is 15.0 Å². The first-order valence-corrected chi connectivity index (χ1v) is 9.33. The number of rotatable bonds is 7. The first kappa shape index (κ1) is 19.4. The van der Waals surface area contributed by atoms with Crippen LogP contribution in [0.25, 0.3) is 0 Å². The molecule has 0 radical (unpaired) electrons. The lowest BCUT2D eigenvalue weighted by Crippen LogP contribution is -2.31. The molecule has 28 heavy (non-hydrogen) atoms. The summed E-state index contributed by atoms with van der Waals surface area (Å²) in [4.78, 5) is 14.6. The lowest BCUT2D eigenvalue weighted by molar-refractivity contribution is 0.0982. The normalized spacial score (nSPS) is 10.4. The summed E-state index contributed by atoms with van der Waals surface area (Å²) in [5.74, 6) is 1.10. The molecule has 3 aromatic rings. The van der Waals surface area contributed by atoms with Crippen LogP contribution in [0.3, 0.4) is 0 Å². The number of benzene rings is 2. The highest BCUT2D eigenvalue weighted by Gasteiger charge is 2.18. The van der Waals surface area contributed by atoms with Crippen LogP contribution in [0.2, 0.25) is 0 Å². The minimum Gasteiger partial charge on any atom is -0.492 e. The second-order valence-corrected chi connectivity index (χ2v) is 6.25. The van der Waals surface area contributed by atoms with E-state index in [1.165, 1.54) is 0 Å². The molecule has 0 saturated heterocycles. The van der Waals surface area contributed by atoms with Crippen molar-refractivity contribution < 1.29 is 9.53 Å². The number of para-hydroxylation sites is 2. The van der Waals surface area contributed by atoms with Crippen LogP contribution >= 0.6 is 0 Å². The third-order valence-corrected chi connectivity index (χ3v) is 4.21. The molecule has 144 valence electrons. The number of ether oxygens (including phenoxy) is 1. The number of carbonyl (C=O) groups is 1. The number of nitrogens with zero attached hydrogens (tertiary/aromatic N) is 3. The quantitative estimate of drug-likeness (QED) is 0.653. The first-order valence-electron chi connectivity index (χ1n) is 9.33. The summed E-state index contributed by atoms with van der Waals surface area (Å²) in [6.45, 7) is 7.00. The fourth-order valence-electron chi connectivity index (χ4n) is 2.88. The molecule has 0 saturated carbocycles. The molecular formula is C22H24N4O2. The Morgan fingerprint density at radius 2 is 1.86 bits per heavy atom. The highest BCUT2D eigenvalue weighted by atomic mass is 16.5. The van der Waals surface area contributed by atoms with Crippen LogP contribution in [0.15, 0.2) is 60.7 Å². The predicted molar refractivity (Wildman–Crippen MR) is 111 cm³/mol. The van der Waals surface area contributed by atoms with E-state index in [0.717, 1.165) is 22.7 Å². The van der Waals surface area contributed by atoms with Crippen LogP contribution in [-0.2, 0) is 0 Å². The second kappa shape index (κ2) is 8.99. The lowest BCUT2D eigenvalue weighted by Gasteiger charge is -2.21. The Morgan fingerprint density at radius 1 is 1.04 bits per heavy atom.